The lowest BCUT2D eigenvalue weighted by Gasteiger charge is -2.21. The van der Waals surface area contributed by atoms with Crippen LogP contribution in [0.3, 0.4) is 0 Å². The number of aromatic amines is 1. The van der Waals surface area contributed by atoms with E-state index in [4.69, 9.17) is 0 Å². The topological polar surface area (TPSA) is 36.1 Å². The van der Waals surface area contributed by atoms with E-state index in [1.165, 1.54) is 0 Å². The molecule has 0 saturated carbocycles. The standard InChI is InChI=1S/C15H18N2O/c1-10-7-11(2)17(9-10)15(18)13-3-4-14-12(8-13)5-6-16-14/h3-6,8,10-11,16H,7,9H2,1-2H3. The van der Waals surface area contributed by atoms with E-state index in [0.717, 1.165) is 29.4 Å². The Hall–Kier alpha value is -1.77. The first kappa shape index (κ1) is 11.3. The van der Waals surface area contributed by atoms with Crippen molar-refractivity contribution < 1.29 is 4.79 Å². The van der Waals surface area contributed by atoms with Crippen LogP contribution < -0.4 is 0 Å². The van der Waals surface area contributed by atoms with Crippen LogP contribution in [0, 0.1) is 5.92 Å². The van der Waals surface area contributed by atoms with Gasteiger partial charge >= 0.3 is 0 Å². The molecule has 2 atom stereocenters. The minimum Gasteiger partial charge on any atom is -0.361 e. The fourth-order valence-electron chi connectivity index (χ4n) is 2.94. The number of hydrogen-bond acceptors (Lipinski definition) is 1. The Kier molecular flexibility index (Phi) is 2.62. The number of benzene rings is 1. The van der Waals surface area contributed by atoms with Gasteiger partial charge in [0.2, 0.25) is 0 Å². The number of fused-ring (bicyclic) bond motifs is 1. The summed E-state index contributed by atoms with van der Waals surface area (Å²) in [7, 11) is 0. The van der Waals surface area contributed by atoms with Gasteiger partial charge in [-0.25, -0.2) is 0 Å². The zero-order chi connectivity index (χ0) is 12.7. The van der Waals surface area contributed by atoms with E-state index < -0.39 is 0 Å². The smallest absolute Gasteiger partial charge is 0.254 e. The van der Waals surface area contributed by atoms with Gasteiger partial charge in [-0.1, -0.05) is 6.92 Å². The van der Waals surface area contributed by atoms with Crippen LogP contribution in [0.4, 0.5) is 0 Å². The number of likely N-dealkylation sites (tertiary alicyclic amines) is 1. The van der Waals surface area contributed by atoms with Gasteiger partial charge in [0.25, 0.3) is 5.91 Å². The predicted octanol–water partition coefficient (Wildman–Crippen LogP) is 3.04. The summed E-state index contributed by atoms with van der Waals surface area (Å²) in [5.74, 6) is 0.773. The van der Waals surface area contributed by atoms with E-state index in [2.05, 4.69) is 18.8 Å². The third-order valence-electron chi connectivity index (χ3n) is 3.85. The molecule has 2 aromatic rings. The Labute approximate surface area is 107 Å². The molecule has 1 amide bonds. The summed E-state index contributed by atoms with van der Waals surface area (Å²) in [6.45, 7) is 5.22. The molecule has 2 heterocycles. The van der Waals surface area contributed by atoms with Crippen molar-refractivity contribution in [3.05, 3.63) is 36.0 Å². The number of aromatic nitrogens is 1. The fourth-order valence-corrected chi connectivity index (χ4v) is 2.94. The highest BCUT2D eigenvalue weighted by atomic mass is 16.2. The molecule has 1 aromatic carbocycles. The summed E-state index contributed by atoms with van der Waals surface area (Å²) in [6.07, 6.45) is 3.01. The van der Waals surface area contributed by atoms with E-state index in [1.807, 2.05) is 35.4 Å². The van der Waals surface area contributed by atoms with Crippen LogP contribution in [0.1, 0.15) is 30.6 Å². The monoisotopic (exact) mass is 242 g/mol. The molecule has 0 aliphatic carbocycles. The molecule has 94 valence electrons. The molecule has 1 fully saturated rings. The number of nitrogens with one attached hydrogen (secondary N) is 1. The maximum atomic E-state index is 12.5. The van der Waals surface area contributed by atoms with Gasteiger partial charge in [-0.2, -0.15) is 0 Å². The highest BCUT2D eigenvalue weighted by Crippen LogP contribution is 2.25. The van der Waals surface area contributed by atoms with Crippen molar-refractivity contribution in [1.82, 2.24) is 9.88 Å². The Morgan fingerprint density at radius 2 is 2.17 bits per heavy atom. The van der Waals surface area contributed by atoms with Crippen molar-refractivity contribution in [3.8, 4) is 0 Å². The summed E-state index contributed by atoms with van der Waals surface area (Å²) in [5, 5.41) is 1.10. The van der Waals surface area contributed by atoms with E-state index >= 15 is 0 Å². The Balaban J connectivity index is 1.91. The lowest BCUT2D eigenvalue weighted by atomic mass is 10.1. The molecule has 2 unspecified atom stereocenters. The second-order valence-electron chi connectivity index (χ2n) is 5.43. The lowest BCUT2D eigenvalue weighted by Crippen LogP contribution is -2.33. The molecular weight excluding hydrogens is 224 g/mol. The van der Waals surface area contributed by atoms with Crippen molar-refractivity contribution in [2.24, 2.45) is 5.92 Å². The van der Waals surface area contributed by atoms with Crippen LogP contribution in [-0.2, 0) is 0 Å². The minimum atomic E-state index is 0.162. The van der Waals surface area contributed by atoms with E-state index in [-0.39, 0.29) is 5.91 Å². The van der Waals surface area contributed by atoms with Gasteiger partial charge < -0.3 is 9.88 Å². The van der Waals surface area contributed by atoms with E-state index in [1.54, 1.807) is 0 Å². The molecule has 1 aliphatic heterocycles. The average Bonchev–Trinajstić information content (AvgIpc) is 2.93. The maximum absolute atomic E-state index is 12.5. The largest absolute Gasteiger partial charge is 0.361 e. The van der Waals surface area contributed by atoms with Gasteiger partial charge in [-0.3, -0.25) is 4.79 Å². The molecule has 1 saturated heterocycles. The van der Waals surface area contributed by atoms with Crippen LogP contribution in [0.15, 0.2) is 30.5 Å². The van der Waals surface area contributed by atoms with Crippen LogP contribution in [-0.4, -0.2) is 28.4 Å². The molecule has 3 nitrogen and oxygen atoms in total. The molecule has 3 rings (SSSR count). The third-order valence-corrected chi connectivity index (χ3v) is 3.85. The Morgan fingerprint density at radius 1 is 1.33 bits per heavy atom. The number of carbonyl (C=O) groups is 1. The molecule has 0 bridgehead atoms. The van der Waals surface area contributed by atoms with Crippen LogP contribution >= 0.6 is 0 Å². The molecule has 18 heavy (non-hydrogen) atoms. The van der Waals surface area contributed by atoms with Crippen molar-refractivity contribution in [1.29, 1.82) is 0 Å². The van der Waals surface area contributed by atoms with Crippen molar-refractivity contribution in [2.45, 2.75) is 26.3 Å². The normalized spacial score (nSPS) is 23.8. The predicted molar refractivity (Wildman–Crippen MR) is 72.6 cm³/mol. The van der Waals surface area contributed by atoms with Gasteiger partial charge in [0.15, 0.2) is 0 Å². The molecule has 1 aromatic heterocycles. The number of rotatable bonds is 1. The first-order valence-corrected chi connectivity index (χ1v) is 6.53. The van der Waals surface area contributed by atoms with Gasteiger partial charge in [0.05, 0.1) is 0 Å². The summed E-state index contributed by atoms with van der Waals surface area (Å²) in [5.41, 5.74) is 1.87. The van der Waals surface area contributed by atoms with E-state index in [9.17, 15) is 4.79 Å². The fraction of sp³-hybridized carbons (Fsp3) is 0.400. The SMILES string of the molecule is CC1CC(C)N(C(=O)c2ccc3[nH]ccc3c2)C1. The summed E-state index contributed by atoms with van der Waals surface area (Å²) >= 11 is 0. The summed E-state index contributed by atoms with van der Waals surface area (Å²) in [4.78, 5) is 17.6. The zero-order valence-corrected chi connectivity index (χ0v) is 10.8. The van der Waals surface area contributed by atoms with Crippen LogP contribution in [0.2, 0.25) is 0 Å². The van der Waals surface area contributed by atoms with Gasteiger partial charge in [-0.05, 0) is 43.5 Å². The Morgan fingerprint density at radius 3 is 2.89 bits per heavy atom. The first-order valence-electron chi connectivity index (χ1n) is 6.53. The molecule has 1 N–H and O–H groups in total. The summed E-state index contributed by atoms with van der Waals surface area (Å²) in [6, 6.07) is 8.23. The number of hydrogen-bond donors (Lipinski definition) is 1. The Bertz CT molecular complexity index is 587. The number of amides is 1. The van der Waals surface area contributed by atoms with Crippen molar-refractivity contribution in [3.63, 3.8) is 0 Å². The van der Waals surface area contributed by atoms with Crippen molar-refractivity contribution in [2.75, 3.05) is 6.54 Å². The van der Waals surface area contributed by atoms with Gasteiger partial charge in [0.1, 0.15) is 0 Å². The number of carbonyl (C=O) groups excluding carboxylic acids is 1. The quantitative estimate of drug-likeness (QED) is 0.819. The highest BCUT2D eigenvalue weighted by Gasteiger charge is 2.30. The third kappa shape index (κ3) is 1.80. The van der Waals surface area contributed by atoms with Gasteiger partial charge in [-0.15, -0.1) is 0 Å². The minimum absolute atomic E-state index is 0.162. The molecule has 1 aliphatic rings. The van der Waals surface area contributed by atoms with Gasteiger partial charge in [0, 0.05) is 35.2 Å². The zero-order valence-electron chi connectivity index (χ0n) is 10.8. The molecule has 3 heteroatoms. The number of H-pyrrole nitrogens is 1. The maximum Gasteiger partial charge on any atom is 0.254 e. The average molecular weight is 242 g/mol. The highest BCUT2D eigenvalue weighted by molar-refractivity contribution is 5.98. The molecule has 0 radical (unpaired) electrons. The number of nitrogens with zero attached hydrogens (tertiary/aromatic N) is 1. The molecular formula is C15H18N2O. The second kappa shape index (κ2) is 4.16. The van der Waals surface area contributed by atoms with Crippen molar-refractivity contribution >= 4 is 16.8 Å². The lowest BCUT2D eigenvalue weighted by molar-refractivity contribution is 0.0744. The second-order valence-corrected chi connectivity index (χ2v) is 5.43. The summed E-state index contributed by atoms with van der Waals surface area (Å²) < 4.78 is 0. The first-order chi connectivity index (χ1) is 8.65. The van der Waals surface area contributed by atoms with Crippen LogP contribution in [0.25, 0.3) is 10.9 Å². The van der Waals surface area contributed by atoms with E-state index in [0.29, 0.717) is 12.0 Å². The van der Waals surface area contributed by atoms with Crippen LogP contribution in [0.5, 0.6) is 0 Å². The molecule has 0 spiro atoms.